The highest BCUT2D eigenvalue weighted by atomic mass is 16.5. The number of hydrogen-bond acceptors (Lipinski definition) is 4. The Labute approximate surface area is 130 Å². The van der Waals surface area contributed by atoms with E-state index < -0.39 is 0 Å². The maximum Gasteiger partial charge on any atom is 0.206 e. The number of rotatable bonds is 7. The van der Waals surface area contributed by atoms with E-state index in [1.165, 1.54) is 6.08 Å². The fraction of sp³-hybridized carbons (Fsp3) is 0.294. The van der Waals surface area contributed by atoms with E-state index in [1.54, 1.807) is 37.2 Å². The number of methoxy groups -OCH3 is 2. The molecule has 0 amide bonds. The average Bonchev–Trinajstić information content (AvgIpc) is 3.02. The zero-order chi connectivity index (χ0) is 15.9. The lowest BCUT2D eigenvalue weighted by atomic mass is 10.1. The molecule has 0 aliphatic rings. The molecule has 5 heteroatoms. The average molecular weight is 300 g/mol. The van der Waals surface area contributed by atoms with Crippen LogP contribution >= 0.6 is 0 Å². The van der Waals surface area contributed by atoms with Crippen molar-refractivity contribution in [2.45, 2.75) is 20.1 Å². The minimum Gasteiger partial charge on any atom is -0.496 e. The zero-order valence-corrected chi connectivity index (χ0v) is 13.1. The fourth-order valence-electron chi connectivity index (χ4n) is 2.10. The monoisotopic (exact) mass is 300 g/mol. The summed E-state index contributed by atoms with van der Waals surface area (Å²) in [4.78, 5) is 12.1. The van der Waals surface area contributed by atoms with Gasteiger partial charge in [-0.2, -0.15) is 5.10 Å². The number of aromatic nitrogens is 2. The Kier molecular flexibility index (Phi) is 5.49. The second kappa shape index (κ2) is 7.56. The topological polar surface area (TPSA) is 53.4 Å². The highest BCUT2D eigenvalue weighted by Gasteiger charge is 2.06. The van der Waals surface area contributed by atoms with Gasteiger partial charge in [0.25, 0.3) is 0 Å². The SMILES string of the molecule is CCn1ccc(C(=O)/C=C/c2ccc(OC)c(COC)c2)n1. The molecule has 1 heterocycles. The van der Waals surface area contributed by atoms with Crippen molar-refractivity contribution in [1.29, 1.82) is 0 Å². The van der Waals surface area contributed by atoms with E-state index in [0.717, 1.165) is 23.4 Å². The van der Waals surface area contributed by atoms with Crippen LogP contribution in [0.4, 0.5) is 0 Å². The first-order chi connectivity index (χ1) is 10.7. The number of nitrogens with zero attached hydrogens (tertiary/aromatic N) is 2. The summed E-state index contributed by atoms with van der Waals surface area (Å²) >= 11 is 0. The molecule has 1 aromatic carbocycles. The Bertz CT molecular complexity index is 674. The van der Waals surface area contributed by atoms with Gasteiger partial charge in [-0.15, -0.1) is 0 Å². The lowest BCUT2D eigenvalue weighted by Crippen LogP contribution is -2.00. The number of carbonyl (C=O) groups is 1. The molecule has 0 saturated heterocycles. The summed E-state index contributed by atoms with van der Waals surface area (Å²) in [5.74, 6) is 0.656. The van der Waals surface area contributed by atoms with E-state index in [9.17, 15) is 4.79 Å². The second-order valence-corrected chi connectivity index (χ2v) is 4.76. The van der Waals surface area contributed by atoms with E-state index in [0.29, 0.717) is 12.3 Å². The highest BCUT2D eigenvalue weighted by Crippen LogP contribution is 2.21. The lowest BCUT2D eigenvalue weighted by Gasteiger charge is -2.08. The number of hydrogen-bond donors (Lipinski definition) is 0. The molecule has 0 bridgehead atoms. The van der Waals surface area contributed by atoms with Gasteiger partial charge in [-0.1, -0.05) is 12.1 Å². The van der Waals surface area contributed by atoms with Crippen molar-refractivity contribution in [3.8, 4) is 5.75 Å². The van der Waals surface area contributed by atoms with Gasteiger partial charge >= 0.3 is 0 Å². The Morgan fingerprint density at radius 3 is 2.77 bits per heavy atom. The molecular formula is C17H20N2O3. The summed E-state index contributed by atoms with van der Waals surface area (Å²) in [5.41, 5.74) is 2.30. The number of allylic oxidation sites excluding steroid dienone is 1. The molecule has 0 fully saturated rings. The Hall–Kier alpha value is -2.40. The molecule has 0 unspecified atom stereocenters. The predicted octanol–water partition coefficient (Wildman–Crippen LogP) is 2.95. The molecule has 22 heavy (non-hydrogen) atoms. The van der Waals surface area contributed by atoms with Crippen LogP contribution in [0, 0.1) is 0 Å². The van der Waals surface area contributed by atoms with Crippen LogP contribution in [0.3, 0.4) is 0 Å². The number of benzene rings is 1. The van der Waals surface area contributed by atoms with Gasteiger partial charge in [-0.25, -0.2) is 0 Å². The first-order valence-corrected chi connectivity index (χ1v) is 7.09. The number of ether oxygens (including phenoxy) is 2. The number of ketones is 1. The van der Waals surface area contributed by atoms with Crippen LogP contribution in [0.2, 0.25) is 0 Å². The Balaban J connectivity index is 2.15. The largest absolute Gasteiger partial charge is 0.496 e. The van der Waals surface area contributed by atoms with E-state index in [4.69, 9.17) is 9.47 Å². The molecular weight excluding hydrogens is 280 g/mol. The molecule has 2 rings (SSSR count). The maximum absolute atomic E-state index is 12.1. The molecule has 0 saturated carbocycles. The molecule has 0 spiro atoms. The van der Waals surface area contributed by atoms with Gasteiger partial charge in [0.1, 0.15) is 11.4 Å². The lowest BCUT2D eigenvalue weighted by molar-refractivity contribution is 0.104. The minimum absolute atomic E-state index is 0.115. The molecule has 0 atom stereocenters. The van der Waals surface area contributed by atoms with E-state index in [-0.39, 0.29) is 5.78 Å². The Morgan fingerprint density at radius 1 is 1.32 bits per heavy atom. The number of carbonyl (C=O) groups excluding carboxylic acids is 1. The van der Waals surface area contributed by atoms with Crippen LogP contribution in [-0.4, -0.2) is 29.8 Å². The normalized spacial score (nSPS) is 11.0. The summed E-state index contributed by atoms with van der Waals surface area (Å²) < 4.78 is 12.2. The molecule has 0 N–H and O–H groups in total. The van der Waals surface area contributed by atoms with E-state index in [1.807, 2.05) is 25.1 Å². The van der Waals surface area contributed by atoms with Crippen molar-refractivity contribution < 1.29 is 14.3 Å². The summed E-state index contributed by atoms with van der Waals surface area (Å²) in [7, 11) is 3.26. The molecule has 5 nitrogen and oxygen atoms in total. The van der Waals surface area contributed by atoms with Gasteiger partial charge in [0.05, 0.1) is 13.7 Å². The molecule has 0 radical (unpaired) electrons. The minimum atomic E-state index is -0.115. The molecule has 0 aliphatic carbocycles. The molecule has 116 valence electrons. The highest BCUT2D eigenvalue weighted by molar-refractivity contribution is 6.05. The van der Waals surface area contributed by atoms with Gasteiger partial charge in [0, 0.05) is 25.4 Å². The molecule has 1 aromatic heterocycles. The van der Waals surface area contributed by atoms with Crippen molar-refractivity contribution in [3.63, 3.8) is 0 Å². The Morgan fingerprint density at radius 2 is 2.14 bits per heavy atom. The van der Waals surface area contributed by atoms with Gasteiger partial charge in [0.15, 0.2) is 0 Å². The van der Waals surface area contributed by atoms with Crippen molar-refractivity contribution in [2.75, 3.05) is 14.2 Å². The van der Waals surface area contributed by atoms with Crippen LogP contribution in [0.15, 0.2) is 36.5 Å². The van der Waals surface area contributed by atoms with Crippen LogP contribution < -0.4 is 4.74 Å². The third kappa shape index (κ3) is 3.83. The smallest absolute Gasteiger partial charge is 0.206 e. The van der Waals surface area contributed by atoms with Gasteiger partial charge in [0.2, 0.25) is 5.78 Å². The number of aryl methyl sites for hydroxylation is 1. The van der Waals surface area contributed by atoms with Crippen molar-refractivity contribution in [1.82, 2.24) is 9.78 Å². The second-order valence-electron chi connectivity index (χ2n) is 4.76. The third-order valence-corrected chi connectivity index (χ3v) is 3.25. The first-order valence-electron chi connectivity index (χ1n) is 7.09. The van der Waals surface area contributed by atoms with Gasteiger partial charge in [-0.3, -0.25) is 9.48 Å². The van der Waals surface area contributed by atoms with Crippen LogP contribution in [0.5, 0.6) is 5.75 Å². The van der Waals surface area contributed by atoms with Gasteiger partial charge < -0.3 is 9.47 Å². The summed E-state index contributed by atoms with van der Waals surface area (Å²) in [6.45, 7) is 3.18. The van der Waals surface area contributed by atoms with E-state index in [2.05, 4.69) is 5.10 Å². The van der Waals surface area contributed by atoms with Crippen LogP contribution in [0.1, 0.15) is 28.5 Å². The summed E-state index contributed by atoms with van der Waals surface area (Å²) in [6, 6.07) is 7.42. The maximum atomic E-state index is 12.1. The quantitative estimate of drug-likeness (QED) is 0.583. The fourth-order valence-corrected chi connectivity index (χ4v) is 2.10. The van der Waals surface area contributed by atoms with Crippen molar-refractivity contribution in [2.24, 2.45) is 0 Å². The predicted molar refractivity (Wildman–Crippen MR) is 85.0 cm³/mol. The van der Waals surface area contributed by atoms with E-state index >= 15 is 0 Å². The van der Waals surface area contributed by atoms with Crippen molar-refractivity contribution in [3.05, 3.63) is 53.4 Å². The van der Waals surface area contributed by atoms with Gasteiger partial charge in [-0.05, 0) is 36.8 Å². The molecule has 2 aromatic rings. The zero-order valence-electron chi connectivity index (χ0n) is 13.1. The summed E-state index contributed by atoms with van der Waals surface area (Å²) in [5, 5.41) is 4.19. The standard InChI is InChI=1S/C17H20N2O3/c1-4-19-10-9-15(18-19)16(20)7-5-13-6-8-17(22-3)14(11-13)12-21-2/h5-11H,4,12H2,1-3H3/b7-5+. The third-order valence-electron chi connectivity index (χ3n) is 3.25. The summed E-state index contributed by atoms with van der Waals surface area (Å²) in [6.07, 6.45) is 5.10. The van der Waals surface area contributed by atoms with Crippen LogP contribution in [-0.2, 0) is 17.9 Å². The van der Waals surface area contributed by atoms with Crippen molar-refractivity contribution >= 4 is 11.9 Å². The molecule has 0 aliphatic heterocycles. The first kappa shape index (κ1) is 16.0. The van der Waals surface area contributed by atoms with Crippen LogP contribution in [0.25, 0.3) is 6.08 Å².